The lowest BCUT2D eigenvalue weighted by Gasteiger charge is -2.06. The minimum atomic E-state index is -0.333. The highest BCUT2D eigenvalue weighted by Gasteiger charge is 2.17. The molecule has 0 radical (unpaired) electrons. The van der Waals surface area contributed by atoms with Crippen LogP contribution in [0.3, 0.4) is 0 Å². The molecule has 0 fully saturated rings. The van der Waals surface area contributed by atoms with Gasteiger partial charge in [-0.3, -0.25) is 10.1 Å². The summed E-state index contributed by atoms with van der Waals surface area (Å²) in [6.45, 7) is 2.58. The minimum Gasteiger partial charge on any atom is -0.380 e. The Morgan fingerprint density at radius 3 is 2.69 bits per heavy atom. The molecule has 2 aromatic rings. The number of benzene rings is 2. The van der Waals surface area contributed by atoms with Gasteiger partial charge in [0.1, 0.15) is 5.69 Å². The van der Waals surface area contributed by atoms with E-state index in [0.29, 0.717) is 17.6 Å². The predicted molar refractivity (Wildman–Crippen MR) is 64.8 cm³/mol. The zero-order valence-corrected chi connectivity index (χ0v) is 8.93. The molecule has 16 heavy (non-hydrogen) atoms. The summed E-state index contributed by atoms with van der Waals surface area (Å²) in [4.78, 5) is 10.7. The molecule has 0 saturated carbocycles. The van der Waals surface area contributed by atoms with E-state index in [0.717, 1.165) is 5.39 Å². The molecule has 0 aromatic heterocycles. The van der Waals surface area contributed by atoms with E-state index in [1.807, 2.05) is 31.2 Å². The highest BCUT2D eigenvalue weighted by Crippen LogP contribution is 2.32. The second kappa shape index (κ2) is 4.18. The van der Waals surface area contributed by atoms with Crippen molar-refractivity contribution in [3.05, 3.63) is 46.5 Å². The van der Waals surface area contributed by atoms with Crippen LogP contribution in [-0.4, -0.2) is 11.5 Å². The van der Waals surface area contributed by atoms with Crippen molar-refractivity contribution in [3.8, 4) is 0 Å². The molecule has 4 nitrogen and oxygen atoms in total. The third-order valence-corrected chi connectivity index (χ3v) is 2.45. The average Bonchev–Trinajstić information content (AvgIpc) is 2.28. The highest BCUT2D eigenvalue weighted by molar-refractivity contribution is 5.96. The van der Waals surface area contributed by atoms with Crippen molar-refractivity contribution in [2.45, 2.75) is 6.92 Å². The number of nitro benzene ring substituents is 1. The van der Waals surface area contributed by atoms with Gasteiger partial charge in [-0.1, -0.05) is 24.3 Å². The van der Waals surface area contributed by atoms with Crippen LogP contribution in [0.2, 0.25) is 0 Å². The molecule has 2 aromatic carbocycles. The van der Waals surface area contributed by atoms with E-state index in [2.05, 4.69) is 5.32 Å². The monoisotopic (exact) mass is 216 g/mol. The molecule has 2 rings (SSSR count). The van der Waals surface area contributed by atoms with Crippen LogP contribution in [0.15, 0.2) is 36.4 Å². The van der Waals surface area contributed by atoms with Crippen molar-refractivity contribution < 1.29 is 4.92 Å². The Kier molecular flexibility index (Phi) is 2.72. The predicted octanol–water partition coefficient (Wildman–Crippen LogP) is 3.18. The van der Waals surface area contributed by atoms with Gasteiger partial charge in [-0.25, -0.2) is 0 Å². The van der Waals surface area contributed by atoms with E-state index in [1.54, 1.807) is 12.1 Å². The fourth-order valence-corrected chi connectivity index (χ4v) is 1.78. The summed E-state index contributed by atoms with van der Waals surface area (Å²) in [7, 11) is 0. The first-order valence-electron chi connectivity index (χ1n) is 5.14. The van der Waals surface area contributed by atoms with Gasteiger partial charge >= 0.3 is 0 Å². The molecule has 82 valence electrons. The van der Waals surface area contributed by atoms with Crippen molar-refractivity contribution in [1.29, 1.82) is 0 Å². The Labute approximate surface area is 93.0 Å². The Balaban J connectivity index is 2.73. The second-order valence-electron chi connectivity index (χ2n) is 3.47. The molecule has 0 aliphatic carbocycles. The number of hydrogen-bond donors (Lipinski definition) is 1. The van der Waals surface area contributed by atoms with Gasteiger partial charge in [0.2, 0.25) is 0 Å². The van der Waals surface area contributed by atoms with Gasteiger partial charge in [0.05, 0.1) is 10.3 Å². The number of fused-ring (bicyclic) bond motifs is 1. The van der Waals surface area contributed by atoms with E-state index < -0.39 is 0 Å². The number of nitrogens with one attached hydrogen (secondary N) is 1. The molecule has 0 unspecified atom stereocenters. The zero-order chi connectivity index (χ0) is 11.5. The normalized spacial score (nSPS) is 10.3. The average molecular weight is 216 g/mol. The van der Waals surface area contributed by atoms with E-state index in [9.17, 15) is 10.1 Å². The molecule has 0 saturated heterocycles. The number of hydrogen-bond acceptors (Lipinski definition) is 3. The molecule has 0 aliphatic heterocycles. The Hall–Kier alpha value is -2.10. The molecular formula is C12H12N2O2. The van der Waals surface area contributed by atoms with Crippen molar-refractivity contribution in [2.75, 3.05) is 11.9 Å². The molecule has 0 heterocycles. The number of nitrogens with zero attached hydrogens (tertiary/aromatic N) is 1. The lowest BCUT2D eigenvalue weighted by atomic mass is 10.1. The first kappa shape index (κ1) is 10.4. The first-order chi connectivity index (χ1) is 7.74. The summed E-state index contributed by atoms with van der Waals surface area (Å²) in [5, 5.41) is 15.6. The van der Waals surface area contributed by atoms with Gasteiger partial charge in [-0.15, -0.1) is 0 Å². The van der Waals surface area contributed by atoms with Gasteiger partial charge in [0, 0.05) is 6.54 Å². The largest absolute Gasteiger partial charge is 0.380 e. The van der Waals surface area contributed by atoms with Crippen molar-refractivity contribution in [2.24, 2.45) is 0 Å². The summed E-state index contributed by atoms with van der Waals surface area (Å²) in [5.41, 5.74) is 0.728. The molecule has 0 amide bonds. The van der Waals surface area contributed by atoms with Crippen LogP contribution in [0, 0.1) is 10.1 Å². The van der Waals surface area contributed by atoms with Gasteiger partial charge in [-0.05, 0) is 24.4 Å². The van der Waals surface area contributed by atoms with E-state index in [-0.39, 0.29) is 10.6 Å². The van der Waals surface area contributed by atoms with Crippen LogP contribution in [0.5, 0.6) is 0 Å². The lowest BCUT2D eigenvalue weighted by molar-refractivity contribution is -0.382. The van der Waals surface area contributed by atoms with Crippen LogP contribution in [0.1, 0.15) is 6.92 Å². The second-order valence-corrected chi connectivity index (χ2v) is 3.47. The third kappa shape index (κ3) is 1.69. The molecule has 0 bridgehead atoms. The van der Waals surface area contributed by atoms with E-state index in [1.165, 1.54) is 0 Å². The smallest absolute Gasteiger partial charge is 0.300 e. The first-order valence-corrected chi connectivity index (χ1v) is 5.14. The molecule has 0 spiro atoms. The van der Waals surface area contributed by atoms with Crippen LogP contribution < -0.4 is 5.32 Å². The Bertz CT molecular complexity index is 538. The third-order valence-electron chi connectivity index (χ3n) is 2.45. The molecule has 0 aliphatic rings. The molecule has 1 N–H and O–H groups in total. The maximum absolute atomic E-state index is 11.1. The van der Waals surface area contributed by atoms with Gasteiger partial charge in [-0.2, -0.15) is 0 Å². The van der Waals surface area contributed by atoms with Gasteiger partial charge in [0.15, 0.2) is 0 Å². The molecule has 0 atom stereocenters. The topological polar surface area (TPSA) is 55.2 Å². The van der Waals surface area contributed by atoms with Crippen molar-refractivity contribution in [1.82, 2.24) is 0 Å². The SMILES string of the molecule is CCNc1ccc2ccccc2c1[N+](=O)[O-]. The maximum Gasteiger partial charge on any atom is 0.300 e. The fraction of sp³-hybridized carbons (Fsp3) is 0.167. The number of rotatable bonds is 3. The quantitative estimate of drug-likeness (QED) is 0.633. The van der Waals surface area contributed by atoms with Crippen molar-refractivity contribution in [3.63, 3.8) is 0 Å². The van der Waals surface area contributed by atoms with Crippen LogP contribution in [0.4, 0.5) is 11.4 Å². The Morgan fingerprint density at radius 2 is 2.00 bits per heavy atom. The minimum absolute atomic E-state index is 0.153. The molecular weight excluding hydrogens is 204 g/mol. The zero-order valence-electron chi connectivity index (χ0n) is 8.93. The summed E-state index contributed by atoms with van der Waals surface area (Å²) >= 11 is 0. The van der Waals surface area contributed by atoms with Crippen LogP contribution in [0.25, 0.3) is 10.8 Å². The van der Waals surface area contributed by atoms with Crippen LogP contribution in [-0.2, 0) is 0 Å². The van der Waals surface area contributed by atoms with E-state index in [4.69, 9.17) is 0 Å². The number of anilines is 1. The standard InChI is InChI=1S/C12H12N2O2/c1-2-13-11-8-7-9-5-3-4-6-10(9)12(11)14(15)16/h3-8,13H,2H2,1H3. The fourth-order valence-electron chi connectivity index (χ4n) is 1.78. The van der Waals surface area contributed by atoms with Crippen LogP contribution >= 0.6 is 0 Å². The van der Waals surface area contributed by atoms with Gasteiger partial charge < -0.3 is 5.32 Å². The van der Waals surface area contributed by atoms with Gasteiger partial charge in [0.25, 0.3) is 5.69 Å². The summed E-state index contributed by atoms with van der Waals surface area (Å²) in [6.07, 6.45) is 0. The van der Waals surface area contributed by atoms with E-state index >= 15 is 0 Å². The van der Waals surface area contributed by atoms with Crippen molar-refractivity contribution >= 4 is 22.1 Å². The summed E-state index contributed by atoms with van der Waals surface area (Å²) < 4.78 is 0. The summed E-state index contributed by atoms with van der Waals surface area (Å²) in [5.74, 6) is 0. The Morgan fingerprint density at radius 1 is 1.25 bits per heavy atom. The molecule has 4 heteroatoms. The summed E-state index contributed by atoms with van der Waals surface area (Å²) in [6, 6.07) is 11.0. The maximum atomic E-state index is 11.1. The lowest BCUT2D eigenvalue weighted by Crippen LogP contribution is -2.01. The number of nitro groups is 1. The highest BCUT2D eigenvalue weighted by atomic mass is 16.6.